The Balaban J connectivity index is 1.51. The molecule has 0 atom stereocenters. The molecule has 0 unspecified atom stereocenters. The van der Waals surface area contributed by atoms with Crippen LogP contribution < -0.4 is 0 Å². The van der Waals surface area contributed by atoms with Gasteiger partial charge in [-0.25, -0.2) is 0 Å². The summed E-state index contributed by atoms with van der Waals surface area (Å²) in [6.07, 6.45) is 0. The van der Waals surface area contributed by atoms with Gasteiger partial charge in [0.25, 0.3) is 0 Å². The minimum Gasteiger partial charge on any atom is -0.309 e. The molecule has 0 saturated carbocycles. The van der Waals surface area contributed by atoms with Crippen molar-refractivity contribution in [1.29, 1.82) is 0 Å². The monoisotopic (exact) mass is 523 g/mol. The van der Waals surface area contributed by atoms with Crippen molar-refractivity contribution >= 4 is 48.5 Å². The minimum atomic E-state index is 1.10. The molecule has 0 saturated heterocycles. The van der Waals surface area contributed by atoms with Crippen molar-refractivity contribution in [2.75, 3.05) is 0 Å². The Morgan fingerprint density at radius 3 is 1.97 bits per heavy atom. The molecule has 1 heterocycles. The Labute approximate surface area is 218 Å². The highest BCUT2D eigenvalue weighted by Gasteiger charge is 2.15. The van der Waals surface area contributed by atoms with Gasteiger partial charge in [-0.05, 0) is 63.4 Å². The lowest BCUT2D eigenvalue weighted by Crippen LogP contribution is -1.94. The summed E-state index contributed by atoms with van der Waals surface area (Å²) in [5.41, 5.74) is 8.46. The third-order valence-corrected chi connectivity index (χ3v) is 7.76. The summed E-state index contributed by atoms with van der Waals surface area (Å²) in [6.45, 7) is 0. The third kappa shape index (κ3) is 3.37. The number of hydrogen-bond donors (Lipinski definition) is 0. The number of aromatic nitrogens is 1. The van der Waals surface area contributed by atoms with Crippen molar-refractivity contribution in [3.05, 3.63) is 138 Å². The Morgan fingerprint density at radius 1 is 0.444 bits per heavy atom. The van der Waals surface area contributed by atoms with Gasteiger partial charge >= 0.3 is 0 Å². The molecular weight excluding hydrogens is 502 g/mol. The van der Waals surface area contributed by atoms with E-state index in [4.69, 9.17) is 0 Å². The van der Waals surface area contributed by atoms with Gasteiger partial charge in [0.1, 0.15) is 0 Å². The summed E-state index contributed by atoms with van der Waals surface area (Å²) in [6, 6.07) is 48.0. The second-order valence-electron chi connectivity index (χ2n) is 9.14. The normalized spacial score (nSPS) is 11.5. The summed E-state index contributed by atoms with van der Waals surface area (Å²) >= 11 is 3.76. The average molecular weight is 524 g/mol. The van der Waals surface area contributed by atoms with Crippen LogP contribution in [0, 0.1) is 0 Å². The Kier molecular flexibility index (Phi) is 5.00. The molecule has 0 aliphatic rings. The van der Waals surface area contributed by atoms with Gasteiger partial charge in [-0.15, -0.1) is 0 Å². The van der Waals surface area contributed by atoms with E-state index in [9.17, 15) is 0 Å². The molecule has 7 rings (SSSR count). The van der Waals surface area contributed by atoms with E-state index in [1.54, 1.807) is 0 Å². The number of fused-ring (bicyclic) bond motifs is 4. The maximum atomic E-state index is 3.76. The quantitative estimate of drug-likeness (QED) is 0.217. The predicted molar refractivity (Wildman–Crippen MR) is 157 cm³/mol. The fourth-order valence-corrected chi connectivity index (χ4v) is 5.88. The highest BCUT2D eigenvalue weighted by atomic mass is 79.9. The van der Waals surface area contributed by atoms with E-state index >= 15 is 0 Å². The molecule has 170 valence electrons. The van der Waals surface area contributed by atoms with Crippen molar-refractivity contribution in [2.45, 2.75) is 0 Å². The number of benzene rings is 6. The maximum Gasteiger partial charge on any atom is 0.0547 e. The van der Waals surface area contributed by atoms with E-state index in [1.807, 2.05) is 0 Å². The number of rotatable bonds is 3. The molecule has 0 N–H and O–H groups in total. The minimum absolute atomic E-state index is 1.10. The average Bonchev–Trinajstić information content (AvgIpc) is 3.27. The lowest BCUT2D eigenvalue weighted by molar-refractivity contribution is 1.19. The molecule has 7 aromatic rings. The van der Waals surface area contributed by atoms with Crippen LogP contribution >= 0.6 is 15.9 Å². The van der Waals surface area contributed by atoms with Gasteiger partial charge in [-0.3, -0.25) is 0 Å². The van der Waals surface area contributed by atoms with Gasteiger partial charge in [0, 0.05) is 20.9 Å². The van der Waals surface area contributed by atoms with Gasteiger partial charge < -0.3 is 4.57 Å². The Bertz CT molecular complexity index is 1910. The topological polar surface area (TPSA) is 4.93 Å². The van der Waals surface area contributed by atoms with Crippen LogP contribution in [0.2, 0.25) is 0 Å². The molecule has 0 radical (unpaired) electrons. The van der Waals surface area contributed by atoms with Gasteiger partial charge in [0.05, 0.1) is 11.0 Å². The second kappa shape index (κ2) is 8.51. The van der Waals surface area contributed by atoms with Crippen molar-refractivity contribution in [3.8, 4) is 27.9 Å². The van der Waals surface area contributed by atoms with Gasteiger partial charge in [-0.1, -0.05) is 119 Å². The number of nitrogens with zero attached hydrogens (tertiary/aromatic N) is 1. The molecule has 0 aliphatic heterocycles. The van der Waals surface area contributed by atoms with Crippen LogP contribution in [0.5, 0.6) is 0 Å². The zero-order chi connectivity index (χ0) is 24.1. The molecule has 0 aliphatic carbocycles. The summed E-state index contributed by atoms with van der Waals surface area (Å²) in [4.78, 5) is 0. The molecule has 2 heteroatoms. The van der Waals surface area contributed by atoms with Crippen molar-refractivity contribution in [3.63, 3.8) is 0 Å². The van der Waals surface area contributed by atoms with E-state index < -0.39 is 0 Å². The van der Waals surface area contributed by atoms with E-state index in [-0.39, 0.29) is 0 Å². The van der Waals surface area contributed by atoms with Crippen LogP contribution in [0.4, 0.5) is 0 Å². The number of para-hydroxylation sites is 1. The second-order valence-corrected chi connectivity index (χ2v) is 10.00. The molecular formula is C34H22BrN. The van der Waals surface area contributed by atoms with E-state index in [1.165, 1.54) is 60.5 Å². The van der Waals surface area contributed by atoms with Crippen LogP contribution in [0.3, 0.4) is 0 Å². The highest BCUT2D eigenvalue weighted by molar-refractivity contribution is 9.10. The van der Waals surface area contributed by atoms with Crippen molar-refractivity contribution < 1.29 is 0 Å². The first kappa shape index (κ1) is 21.2. The number of hydrogen-bond acceptors (Lipinski definition) is 0. The van der Waals surface area contributed by atoms with Crippen LogP contribution in [0.1, 0.15) is 0 Å². The summed E-state index contributed by atoms with van der Waals surface area (Å²) in [5, 5.41) is 5.04. The molecule has 1 nitrogen and oxygen atoms in total. The first-order valence-electron chi connectivity index (χ1n) is 12.1. The van der Waals surface area contributed by atoms with E-state index in [0.717, 1.165) is 4.47 Å². The Hall–Kier alpha value is -4.14. The van der Waals surface area contributed by atoms with Crippen molar-refractivity contribution in [2.24, 2.45) is 0 Å². The molecule has 36 heavy (non-hydrogen) atoms. The number of halogens is 1. The molecule has 0 amide bonds. The first-order valence-corrected chi connectivity index (χ1v) is 12.9. The molecule has 0 fully saturated rings. The highest BCUT2D eigenvalue weighted by Crippen LogP contribution is 2.39. The standard InChI is InChI=1S/C34H22BrN/c35-32-15-7-5-13-29(32)28-12-4-3-11-27(28)25-18-20-31-30-14-6-8-16-33(30)36(34(31)22-25)26-19-17-23-9-1-2-10-24(23)21-26/h1-22H. The van der Waals surface area contributed by atoms with Crippen molar-refractivity contribution in [1.82, 2.24) is 4.57 Å². The zero-order valence-corrected chi connectivity index (χ0v) is 21.1. The third-order valence-electron chi connectivity index (χ3n) is 7.07. The Morgan fingerprint density at radius 2 is 1.11 bits per heavy atom. The lowest BCUT2D eigenvalue weighted by atomic mass is 9.94. The predicted octanol–water partition coefficient (Wildman–Crippen LogP) is 10.0. The molecule has 6 aromatic carbocycles. The lowest BCUT2D eigenvalue weighted by Gasteiger charge is -2.13. The molecule has 0 spiro atoms. The maximum absolute atomic E-state index is 3.76. The summed E-state index contributed by atoms with van der Waals surface area (Å²) in [5.74, 6) is 0. The summed E-state index contributed by atoms with van der Waals surface area (Å²) in [7, 11) is 0. The molecule has 1 aromatic heterocycles. The largest absolute Gasteiger partial charge is 0.309 e. The van der Waals surface area contributed by atoms with E-state index in [0.29, 0.717) is 0 Å². The van der Waals surface area contributed by atoms with Gasteiger partial charge in [0.2, 0.25) is 0 Å². The summed E-state index contributed by atoms with van der Waals surface area (Å²) < 4.78 is 3.51. The van der Waals surface area contributed by atoms with E-state index in [2.05, 4.69) is 154 Å². The zero-order valence-electron chi connectivity index (χ0n) is 19.5. The SMILES string of the molecule is Brc1ccccc1-c1ccccc1-c1ccc2c3ccccc3n(-c3ccc4ccccc4c3)c2c1. The van der Waals surface area contributed by atoms with Crippen LogP contribution in [-0.2, 0) is 0 Å². The van der Waals surface area contributed by atoms with Crippen LogP contribution in [0.25, 0.3) is 60.5 Å². The van der Waals surface area contributed by atoms with Crippen LogP contribution in [0.15, 0.2) is 138 Å². The van der Waals surface area contributed by atoms with Gasteiger partial charge in [-0.2, -0.15) is 0 Å². The fraction of sp³-hybridized carbons (Fsp3) is 0. The molecule has 0 bridgehead atoms. The van der Waals surface area contributed by atoms with Crippen LogP contribution in [-0.4, -0.2) is 4.57 Å². The smallest absolute Gasteiger partial charge is 0.0547 e. The fourth-order valence-electron chi connectivity index (χ4n) is 5.38. The first-order chi connectivity index (χ1) is 17.8. The van der Waals surface area contributed by atoms with Gasteiger partial charge in [0.15, 0.2) is 0 Å².